The van der Waals surface area contributed by atoms with Crippen LogP contribution in [0, 0.1) is 13.8 Å². The summed E-state index contributed by atoms with van der Waals surface area (Å²) in [5.41, 5.74) is 2.17. The molecule has 0 saturated heterocycles. The van der Waals surface area contributed by atoms with Crippen LogP contribution in [0.2, 0.25) is 0 Å². The van der Waals surface area contributed by atoms with E-state index in [4.69, 9.17) is 4.52 Å². The Morgan fingerprint density at radius 2 is 1.91 bits per heavy atom. The molecule has 0 aliphatic heterocycles. The Balaban J connectivity index is 2.14. The number of hydrogen-bond donors (Lipinski definition) is 2. The van der Waals surface area contributed by atoms with Crippen LogP contribution >= 0.6 is 0 Å². The molecule has 0 aliphatic rings. The summed E-state index contributed by atoms with van der Waals surface area (Å²) < 4.78 is 5.05. The lowest BCUT2D eigenvalue weighted by atomic mass is 10.0. The van der Waals surface area contributed by atoms with Gasteiger partial charge in [-0.1, -0.05) is 35.5 Å². The minimum absolute atomic E-state index is 0.126. The monoisotopic (exact) mass is 301 g/mol. The molecule has 0 aliphatic carbocycles. The molecule has 2 N–H and O–H groups in total. The molecule has 1 aromatic carbocycles. The summed E-state index contributed by atoms with van der Waals surface area (Å²) in [5, 5.41) is 9.15. The molecule has 1 heterocycles. The van der Waals surface area contributed by atoms with Crippen LogP contribution in [0.1, 0.15) is 28.6 Å². The third kappa shape index (κ3) is 3.52. The van der Waals surface area contributed by atoms with Crippen LogP contribution in [0.5, 0.6) is 0 Å². The number of likely N-dealkylation sites (N-methyl/N-ethyl adjacent to an activating group) is 1. The first-order valence-corrected chi connectivity index (χ1v) is 7.00. The number of nitrogens with zero attached hydrogens (tertiary/aromatic N) is 1. The van der Waals surface area contributed by atoms with Crippen LogP contribution in [-0.2, 0) is 16.0 Å². The highest BCUT2D eigenvalue weighted by Gasteiger charge is 2.22. The maximum Gasteiger partial charge on any atom is 0.246 e. The second-order valence-electron chi connectivity index (χ2n) is 5.00. The molecule has 2 rings (SSSR count). The Morgan fingerprint density at radius 1 is 1.23 bits per heavy atom. The van der Waals surface area contributed by atoms with Crippen LogP contribution in [0.25, 0.3) is 0 Å². The van der Waals surface area contributed by atoms with Crippen molar-refractivity contribution < 1.29 is 14.1 Å². The number of amides is 2. The lowest BCUT2D eigenvalue weighted by Gasteiger charge is -2.17. The summed E-state index contributed by atoms with van der Waals surface area (Å²) in [5.74, 6) is 0.0917. The molecule has 22 heavy (non-hydrogen) atoms. The Morgan fingerprint density at radius 3 is 2.45 bits per heavy atom. The van der Waals surface area contributed by atoms with E-state index in [1.807, 2.05) is 18.2 Å². The fraction of sp³-hybridized carbons (Fsp3) is 0.312. The van der Waals surface area contributed by atoms with Crippen molar-refractivity contribution >= 4 is 11.8 Å². The van der Waals surface area contributed by atoms with Gasteiger partial charge in [-0.2, -0.15) is 0 Å². The van der Waals surface area contributed by atoms with E-state index in [2.05, 4.69) is 15.8 Å². The van der Waals surface area contributed by atoms with Crippen LogP contribution in [-0.4, -0.2) is 24.0 Å². The minimum atomic E-state index is -0.723. The van der Waals surface area contributed by atoms with E-state index in [1.54, 1.807) is 33.0 Å². The van der Waals surface area contributed by atoms with Gasteiger partial charge in [-0.15, -0.1) is 0 Å². The van der Waals surface area contributed by atoms with E-state index in [1.165, 1.54) is 0 Å². The average Bonchev–Trinajstić information content (AvgIpc) is 2.84. The van der Waals surface area contributed by atoms with Crippen LogP contribution in [0.4, 0.5) is 0 Å². The molecule has 2 amide bonds. The van der Waals surface area contributed by atoms with Gasteiger partial charge < -0.3 is 15.2 Å². The normalized spacial score (nSPS) is 11.8. The van der Waals surface area contributed by atoms with Crippen molar-refractivity contribution in [2.75, 3.05) is 7.05 Å². The number of nitrogens with one attached hydrogen (secondary N) is 2. The van der Waals surface area contributed by atoms with Gasteiger partial charge in [0.05, 0.1) is 12.1 Å². The Labute approximate surface area is 128 Å². The predicted molar refractivity (Wildman–Crippen MR) is 81.1 cm³/mol. The lowest BCUT2D eigenvalue weighted by molar-refractivity contribution is -0.128. The highest BCUT2D eigenvalue weighted by atomic mass is 16.5. The van der Waals surface area contributed by atoms with Crippen molar-refractivity contribution in [3.05, 3.63) is 52.9 Å². The quantitative estimate of drug-likeness (QED) is 0.875. The van der Waals surface area contributed by atoms with Gasteiger partial charge in [-0.3, -0.25) is 9.59 Å². The minimum Gasteiger partial charge on any atom is -0.361 e. The number of carbonyl (C=O) groups is 2. The van der Waals surface area contributed by atoms with E-state index in [9.17, 15) is 9.59 Å². The summed E-state index contributed by atoms with van der Waals surface area (Å²) in [6, 6.07) is 8.39. The summed E-state index contributed by atoms with van der Waals surface area (Å²) in [6.07, 6.45) is 0.126. The third-order valence-corrected chi connectivity index (χ3v) is 3.47. The van der Waals surface area contributed by atoms with E-state index in [-0.39, 0.29) is 18.2 Å². The standard InChI is InChI=1S/C16H19N3O3/c1-10-13(11(2)22-19-10)9-14(20)18-15(16(21)17-3)12-7-5-4-6-8-12/h4-8,15H,9H2,1-3H3,(H,17,21)(H,18,20). The van der Waals surface area contributed by atoms with E-state index >= 15 is 0 Å². The van der Waals surface area contributed by atoms with Crippen LogP contribution in [0.15, 0.2) is 34.9 Å². The lowest BCUT2D eigenvalue weighted by Crippen LogP contribution is -2.39. The Bertz CT molecular complexity index is 645. The predicted octanol–water partition coefficient (Wildman–Crippen LogP) is 1.44. The number of benzene rings is 1. The SMILES string of the molecule is CNC(=O)C(NC(=O)Cc1c(C)noc1C)c1ccccc1. The maximum atomic E-state index is 12.3. The van der Waals surface area contributed by atoms with Crippen molar-refractivity contribution in [3.8, 4) is 0 Å². The molecule has 0 spiro atoms. The van der Waals surface area contributed by atoms with Gasteiger partial charge in [0.1, 0.15) is 11.8 Å². The summed E-state index contributed by atoms with van der Waals surface area (Å²) >= 11 is 0. The van der Waals surface area contributed by atoms with Crippen LogP contribution in [0.3, 0.4) is 0 Å². The van der Waals surface area contributed by atoms with Gasteiger partial charge >= 0.3 is 0 Å². The van der Waals surface area contributed by atoms with Crippen molar-refractivity contribution in [1.82, 2.24) is 15.8 Å². The fourth-order valence-corrected chi connectivity index (χ4v) is 2.22. The van der Waals surface area contributed by atoms with Crippen LogP contribution < -0.4 is 10.6 Å². The molecule has 1 atom stereocenters. The number of hydrogen-bond acceptors (Lipinski definition) is 4. The first kappa shape index (κ1) is 15.8. The molecule has 116 valence electrons. The zero-order valence-electron chi connectivity index (χ0n) is 12.8. The molecule has 1 aromatic heterocycles. The van der Waals surface area contributed by atoms with Gasteiger partial charge in [0.15, 0.2) is 0 Å². The first-order chi connectivity index (χ1) is 10.5. The van der Waals surface area contributed by atoms with Gasteiger partial charge in [-0.05, 0) is 19.4 Å². The second-order valence-corrected chi connectivity index (χ2v) is 5.00. The summed E-state index contributed by atoms with van der Waals surface area (Å²) in [6.45, 7) is 3.54. The average molecular weight is 301 g/mol. The smallest absolute Gasteiger partial charge is 0.246 e. The molecular weight excluding hydrogens is 282 g/mol. The topological polar surface area (TPSA) is 84.2 Å². The number of aryl methyl sites for hydroxylation is 2. The van der Waals surface area contributed by atoms with Gasteiger partial charge in [0.25, 0.3) is 0 Å². The molecule has 1 unspecified atom stereocenters. The summed E-state index contributed by atoms with van der Waals surface area (Å²) in [7, 11) is 1.54. The van der Waals surface area contributed by atoms with Crippen molar-refractivity contribution in [3.63, 3.8) is 0 Å². The Hall–Kier alpha value is -2.63. The van der Waals surface area contributed by atoms with Gasteiger partial charge in [0, 0.05) is 12.6 Å². The first-order valence-electron chi connectivity index (χ1n) is 7.00. The van der Waals surface area contributed by atoms with E-state index in [0.29, 0.717) is 11.5 Å². The largest absolute Gasteiger partial charge is 0.361 e. The van der Waals surface area contributed by atoms with Crippen molar-refractivity contribution in [1.29, 1.82) is 0 Å². The number of carbonyl (C=O) groups excluding carboxylic acids is 2. The Kier molecular flexibility index (Phi) is 4.93. The zero-order valence-corrected chi connectivity index (χ0v) is 12.8. The van der Waals surface area contributed by atoms with Gasteiger partial charge in [-0.25, -0.2) is 0 Å². The molecule has 6 heteroatoms. The van der Waals surface area contributed by atoms with Crippen molar-refractivity contribution in [2.45, 2.75) is 26.3 Å². The second kappa shape index (κ2) is 6.89. The zero-order chi connectivity index (χ0) is 16.1. The number of rotatable bonds is 5. The molecule has 0 saturated carbocycles. The highest BCUT2D eigenvalue weighted by molar-refractivity contribution is 5.89. The molecule has 0 bridgehead atoms. The van der Waals surface area contributed by atoms with E-state index < -0.39 is 6.04 Å². The summed E-state index contributed by atoms with van der Waals surface area (Å²) in [4.78, 5) is 24.3. The number of aromatic nitrogens is 1. The molecule has 0 fully saturated rings. The maximum absolute atomic E-state index is 12.3. The van der Waals surface area contributed by atoms with Gasteiger partial charge in [0.2, 0.25) is 11.8 Å². The molecule has 2 aromatic rings. The third-order valence-electron chi connectivity index (χ3n) is 3.47. The van der Waals surface area contributed by atoms with E-state index in [0.717, 1.165) is 11.1 Å². The van der Waals surface area contributed by atoms with Crippen molar-refractivity contribution in [2.24, 2.45) is 0 Å². The molecule has 6 nitrogen and oxygen atoms in total. The fourth-order valence-electron chi connectivity index (χ4n) is 2.22. The highest BCUT2D eigenvalue weighted by Crippen LogP contribution is 2.16. The molecular formula is C16H19N3O3. The molecule has 0 radical (unpaired) electrons.